The Bertz CT molecular complexity index is 622. The second-order valence-corrected chi connectivity index (χ2v) is 11.9. The molecule has 4 aliphatic carbocycles. The number of halogens is 3. The normalized spacial score (nSPS) is 49.8. The third-order valence-corrected chi connectivity index (χ3v) is 10.5. The summed E-state index contributed by atoms with van der Waals surface area (Å²) in [5.41, 5.74) is 0.596. The molecule has 5 heteroatoms. The highest BCUT2D eigenvalue weighted by Crippen LogP contribution is 2.69. The highest BCUT2D eigenvalue weighted by molar-refractivity contribution is 5.10. The van der Waals surface area contributed by atoms with Crippen molar-refractivity contribution < 1.29 is 23.4 Å². The van der Waals surface area contributed by atoms with E-state index in [1.165, 1.54) is 25.7 Å². The third-order valence-electron chi connectivity index (χ3n) is 10.5. The second kappa shape index (κ2) is 7.93. The number of hydrogen-bond donors (Lipinski definition) is 2. The average Bonchev–Trinajstić information content (AvgIpc) is 2.92. The third kappa shape index (κ3) is 3.74. The first-order chi connectivity index (χ1) is 14.0. The number of alkyl halides is 3. The highest BCUT2D eigenvalue weighted by atomic mass is 19.4. The lowest BCUT2D eigenvalue weighted by molar-refractivity contribution is -0.205. The van der Waals surface area contributed by atoms with Crippen LogP contribution < -0.4 is 0 Å². The van der Waals surface area contributed by atoms with Crippen molar-refractivity contribution in [2.24, 2.45) is 46.3 Å². The fourth-order valence-electron chi connectivity index (χ4n) is 9.09. The largest absolute Gasteiger partial charge is 0.414 e. The monoisotopic (exact) mass is 430 g/mol. The molecule has 0 heterocycles. The molecule has 0 aromatic rings. The van der Waals surface area contributed by atoms with Gasteiger partial charge in [-0.1, -0.05) is 27.2 Å². The zero-order chi connectivity index (χ0) is 21.9. The van der Waals surface area contributed by atoms with Crippen LogP contribution in [0.3, 0.4) is 0 Å². The van der Waals surface area contributed by atoms with E-state index < -0.39 is 12.3 Å². The van der Waals surface area contributed by atoms with Crippen LogP contribution in [0.2, 0.25) is 0 Å². The molecular formula is C25H41F3O2. The maximum atomic E-state index is 12.7. The van der Waals surface area contributed by atoms with E-state index in [0.717, 1.165) is 43.9 Å². The molecule has 2 nitrogen and oxygen atoms in total. The average molecular weight is 431 g/mol. The van der Waals surface area contributed by atoms with E-state index in [4.69, 9.17) is 0 Å². The van der Waals surface area contributed by atoms with Gasteiger partial charge in [0, 0.05) is 0 Å². The number of hydrogen-bond acceptors (Lipinski definition) is 2. The molecule has 0 aromatic heterocycles. The number of fused-ring (bicyclic) bond motifs is 5. The SMILES string of the molecule is CC1CC(CCCC(O)C(F)(F)F)C2(C)CCC3C(CCC4CC(O)CCC43C)C12. The number of aliphatic hydroxyl groups excluding tert-OH is 2. The topological polar surface area (TPSA) is 40.5 Å². The van der Waals surface area contributed by atoms with Gasteiger partial charge in [0.1, 0.15) is 6.10 Å². The molecule has 4 aliphatic rings. The van der Waals surface area contributed by atoms with Crippen LogP contribution >= 0.6 is 0 Å². The van der Waals surface area contributed by atoms with Crippen molar-refractivity contribution in [2.45, 2.75) is 110 Å². The van der Waals surface area contributed by atoms with Gasteiger partial charge in [-0.15, -0.1) is 0 Å². The summed E-state index contributed by atoms with van der Waals surface area (Å²) in [6, 6.07) is 0. The van der Waals surface area contributed by atoms with Crippen molar-refractivity contribution in [2.75, 3.05) is 0 Å². The Kier molecular flexibility index (Phi) is 6.05. The molecule has 0 aliphatic heterocycles. The van der Waals surface area contributed by atoms with Crippen LogP contribution in [0.4, 0.5) is 13.2 Å². The first kappa shape index (κ1) is 22.9. The number of rotatable bonds is 4. The molecule has 4 fully saturated rings. The first-order valence-corrected chi connectivity index (χ1v) is 12.4. The van der Waals surface area contributed by atoms with Gasteiger partial charge in [-0.25, -0.2) is 0 Å². The van der Waals surface area contributed by atoms with Crippen molar-refractivity contribution in [3.63, 3.8) is 0 Å². The maximum Gasteiger partial charge on any atom is 0.414 e. The predicted octanol–water partition coefficient (Wildman–Crippen LogP) is 6.35. The Hall–Kier alpha value is -0.290. The van der Waals surface area contributed by atoms with Crippen molar-refractivity contribution in [1.82, 2.24) is 0 Å². The van der Waals surface area contributed by atoms with Crippen LogP contribution in [0.1, 0.15) is 91.4 Å². The van der Waals surface area contributed by atoms with Crippen LogP contribution in [0, 0.1) is 46.3 Å². The first-order valence-electron chi connectivity index (χ1n) is 12.4. The molecule has 10 unspecified atom stereocenters. The van der Waals surface area contributed by atoms with Gasteiger partial charge < -0.3 is 10.2 Å². The van der Waals surface area contributed by atoms with Crippen LogP contribution in [-0.4, -0.2) is 28.6 Å². The van der Waals surface area contributed by atoms with Gasteiger partial charge in [0.15, 0.2) is 0 Å². The highest BCUT2D eigenvalue weighted by Gasteiger charge is 2.61. The van der Waals surface area contributed by atoms with Crippen molar-refractivity contribution >= 4 is 0 Å². The van der Waals surface area contributed by atoms with Crippen LogP contribution in [0.15, 0.2) is 0 Å². The fourth-order valence-corrected chi connectivity index (χ4v) is 9.09. The quantitative estimate of drug-likeness (QED) is 0.546. The fraction of sp³-hybridized carbons (Fsp3) is 1.00. The Morgan fingerprint density at radius 3 is 2.40 bits per heavy atom. The lowest BCUT2D eigenvalue weighted by Crippen LogP contribution is -2.54. The molecule has 0 amide bonds. The zero-order valence-corrected chi connectivity index (χ0v) is 18.9. The van der Waals surface area contributed by atoms with Gasteiger partial charge in [0.25, 0.3) is 0 Å². The van der Waals surface area contributed by atoms with E-state index >= 15 is 0 Å². The molecule has 0 spiro atoms. The summed E-state index contributed by atoms with van der Waals surface area (Å²) in [6.07, 6.45) is 3.47. The summed E-state index contributed by atoms with van der Waals surface area (Å²) in [5.74, 6) is 3.94. The molecule has 0 radical (unpaired) electrons. The van der Waals surface area contributed by atoms with E-state index in [9.17, 15) is 23.4 Å². The molecule has 0 bridgehead atoms. The van der Waals surface area contributed by atoms with Gasteiger partial charge in [0.2, 0.25) is 0 Å². The van der Waals surface area contributed by atoms with Gasteiger partial charge in [-0.2, -0.15) is 13.2 Å². The zero-order valence-electron chi connectivity index (χ0n) is 18.9. The van der Waals surface area contributed by atoms with Gasteiger partial charge >= 0.3 is 6.18 Å². The van der Waals surface area contributed by atoms with Crippen LogP contribution in [0.5, 0.6) is 0 Å². The van der Waals surface area contributed by atoms with E-state index in [1.807, 2.05) is 0 Å². The maximum absolute atomic E-state index is 12.7. The van der Waals surface area contributed by atoms with Crippen molar-refractivity contribution in [3.8, 4) is 0 Å². The molecule has 2 N–H and O–H groups in total. The molecule has 4 saturated carbocycles. The summed E-state index contributed by atoms with van der Waals surface area (Å²) in [5, 5.41) is 19.6. The van der Waals surface area contributed by atoms with E-state index in [0.29, 0.717) is 35.5 Å². The summed E-state index contributed by atoms with van der Waals surface area (Å²) in [6.45, 7) is 7.31. The Balaban J connectivity index is 1.45. The van der Waals surface area contributed by atoms with Crippen LogP contribution in [0.25, 0.3) is 0 Å². The van der Waals surface area contributed by atoms with Gasteiger partial charge in [0.05, 0.1) is 6.10 Å². The van der Waals surface area contributed by atoms with Gasteiger partial charge in [-0.3, -0.25) is 0 Å². The summed E-state index contributed by atoms with van der Waals surface area (Å²) >= 11 is 0. The summed E-state index contributed by atoms with van der Waals surface area (Å²) < 4.78 is 38.0. The molecule has 4 rings (SSSR count). The molecule has 0 aromatic carbocycles. The van der Waals surface area contributed by atoms with E-state index in [2.05, 4.69) is 20.8 Å². The van der Waals surface area contributed by atoms with Crippen LogP contribution in [-0.2, 0) is 0 Å². The van der Waals surface area contributed by atoms with Gasteiger partial charge in [-0.05, 0) is 111 Å². The summed E-state index contributed by atoms with van der Waals surface area (Å²) in [7, 11) is 0. The minimum atomic E-state index is -4.49. The standard InChI is InChI=1S/C25H41F3O2/c1-15-13-16(5-4-6-21(30)25(26,27)28)24(3)12-10-20-19(22(15)24)8-7-17-14-18(29)9-11-23(17,20)2/h15-22,29-30H,4-14H2,1-3H3. The lowest BCUT2D eigenvalue weighted by atomic mass is 9.44. The molecule has 0 saturated heterocycles. The minimum absolute atomic E-state index is 0.115. The lowest BCUT2D eigenvalue weighted by Gasteiger charge is -2.61. The minimum Gasteiger partial charge on any atom is -0.393 e. The molecule has 174 valence electrons. The number of aliphatic hydroxyl groups is 2. The second-order valence-electron chi connectivity index (χ2n) is 11.9. The molecular weight excluding hydrogens is 389 g/mol. The Morgan fingerprint density at radius 1 is 1.00 bits per heavy atom. The summed E-state index contributed by atoms with van der Waals surface area (Å²) in [4.78, 5) is 0. The Labute approximate surface area is 180 Å². The smallest absolute Gasteiger partial charge is 0.393 e. The molecule has 10 atom stereocenters. The van der Waals surface area contributed by atoms with E-state index in [-0.39, 0.29) is 17.9 Å². The molecule has 30 heavy (non-hydrogen) atoms. The predicted molar refractivity (Wildman–Crippen MR) is 112 cm³/mol. The Morgan fingerprint density at radius 2 is 1.70 bits per heavy atom. The van der Waals surface area contributed by atoms with Crippen molar-refractivity contribution in [1.29, 1.82) is 0 Å². The van der Waals surface area contributed by atoms with E-state index in [1.54, 1.807) is 0 Å². The van der Waals surface area contributed by atoms with Crippen molar-refractivity contribution in [3.05, 3.63) is 0 Å².